The van der Waals surface area contributed by atoms with Crippen molar-refractivity contribution < 1.29 is 4.39 Å². The van der Waals surface area contributed by atoms with E-state index >= 15 is 0 Å². The third-order valence-corrected chi connectivity index (χ3v) is 3.68. The van der Waals surface area contributed by atoms with Gasteiger partial charge in [0.05, 0.1) is 0 Å². The van der Waals surface area contributed by atoms with Crippen LogP contribution in [-0.4, -0.2) is 12.6 Å². The zero-order valence-electron chi connectivity index (χ0n) is 10.3. The quantitative estimate of drug-likeness (QED) is 0.823. The van der Waals surface area contributed by atoms with Crippen LogP contribution in [-0.2, 0) is 5.41 Å². The van der Waals surface area contributed by atoms with Crippen molar-refractivity contribution in [2.75, 3.05) is 6.54 Å². The highest BCUT2D eigenvalue weighted by atomic mass is 19.1. The first-order valence-corrected chi connectivity index (χ1v) is 6.04. The molecule has 0 aliphatic heterocycles. The maximum Gasteiger partial charge on any atom is 0.123 e. The largest absolute Gasteiger partial charge is 0.314 e. The van der Waals surface area contributed by atoms with Crippen molar-refractivity contribution in [2.45, 2.75) is 38.6 Å². The van der Waals surface area contributed by atoms with E-state index in [0.29, 0.717) is 12.0 Å². The predicted octanol–water partition coefficient (Wildman–Crippen LogP) is 3.10. The molecule has 1 nitrogen and oxygen atoms in total. The maximum atomic E-state index is 13.2. The molecule has 0 heterocycles. The fourth-order valence-corrected chi connectivity index (χ4v) is 2.42. The van der Waals surface area contributed by atoms with Crippen molar-refractivity contribution in [1.29, 1.82) is 0 Å². The maximum absolute atomic E-state index is 13.2. The average molecular weight is 221 g/mol. The standard InChI is InChI=1S/C14H20FN/c1-10(2)16-9-14(8-11(14)3)12-5-4-6-13(15)7-12/h4-7,10-11,16H,8-9H2,1-3H3. The minimum Gasteiger partial charge on any atom is -0.314 e. The summed E-state index contributed by atoms with van der Waals surface area (Å²) in [5, 5.41) is 3.47. The third-order valence-electron chi connectivity index (χ3n) is 3.68. The molecule has 1 aliphatic carbocycles. The van der Waals surface area contributed by atoms with Crippen molar-refractivity contribution >= 4 is 0 Å². The first-order valence-electron chi connectivity index (χ1n) is 6.04. The van der Waals surface area contributed by atoms with Gasteiger partial charge in [-0.25, -0.2) is 4.39 Å². The van der Waals surface area contributed by atoms with E-state index in [-0.39, 0.29) is 11.2 Å². The smallest absolute Gasteiger partial charge is 0.123 e. The summed E-state index contributed by atoms with van der Waals surface area (Å²) in [4.78, 5) is 0. The summed E-state index contributed by atoms with van der Waals surface area (Å²) in [6, 6.07) is 7.55. The highest BCUT2D eigenvalue weighted by molar-refractivity contribution is 5.34. The molecule has 1 N–H and O–H groups in total. The summed E-state index contributed by atoms with van der Waals surface area (Å²) in [5.41, 5.74) is 1.32. The van der Waals surface area contributed by atoms with E-state index in [1.54, 1.807) is 6.07 Å². The fraction of sp³-hybridized carbons (Fsp3) is 0.571. The first-order chi connectivity index (χ1) is 7.54. The highest BCUT2D eigenvalue weighted by Gasteiger charge is 2.51. The van der Waals surface area contributed by atoms with Crippen molar-refractivity contribution in [3.8, 4) is 0 Å². The molecule has 2 atom stereocenters. The SMILES string of the molecule is CC(C)NCC1(c2cccc(F)c2)CC1C. The molecule has 1 fully saturated rings. The molecule has 0 amide bonds. The molecule has 1 aromatic rings. The molecule has 0 bridgehead atoms. The van der Waals surface area contributed by atoms with E-state index in [1.165, 1.54) is 6.07 Å². The van der Waals surface area contributed by atoms with Gasteiger partial charge in [0.15, 0.2) is 0 Å². The second-order valence-corrected chi connectivity index (χ2v) is 5.31. The molecule has 2 unspecified atom stereocenters. The number of rotatable bonds is 4. The molecule has 0 saturated heterocycles. The summed E-state index contributed by atoms with van der Waals surface area (Å²) in [6.07, 6.45) is 1.16. The molecule has 88 valence electrons. The van der Waals surface area contributed by atoms with Crippen molar-refractivity contribution in [1.82, 2.24) is 5.32 Å². The minimum absolute atomic E-state index is 0.125. The van der Waals surface area contributed by atoms with E-state index < -0.39 is 0 Å². The lowest BCUT2D eigenvalue weighted by Crippen LogP contribution is -2.33. The van der Waals surface area contributed by atoms with Crippen LogP contribution < -0.4 is 5.32 Å². The van der Waals surface area contributed by atoms with Crippen LogP contribution in [0.2, 0.25) is 0 Å². The van der Waals surface area contributed by atoms with Crippen LogP contribution in [0.1, 0.15) is 32.8 Å². The van der Waals surface area contributed by atoms with E-state index in [0.717, 1.165) is 18.5 Å². The Labute approximate surface area is 97.1 Å². The summed E-state index contributed by atoms with van der Waals surface area (Å²) in [5.74, 6) is 0.529. The zero-order valence-corrected chi connectivity index (χ0v) is 10.3. The van der Waals surface area contributed by atoms with Crippen molar-refractivity contribution in [3.05, 3.63) is 35.6 Å². The van der Waals surface area contributed by atoms with Gasteiger partial charge in [-0.15, -0.1) is 0 Å². The second kappa shape index (κ2) is 4.17. The van der Waals surface area contributed by atoms with Crippen LogP contribution in [0.4, 0.5) is 4.39 Å². The van der Waals surface area contributed by atoms with Crippen LogP contribution in [0, 0.1) is 11.7 Å². The number of nitrogens with one attached hydrogen (secondary N) is 1. The second-order valence-electron chi connectivity index (χ2n) is 5.31. The molecular weight excluding hydrogens is 201 g/mol. The Bertz CT molecular complexity index is 375. The van der Waals surface area contributed by atoms with Crippen LogP contribution in [0.5, 0.6) is 0 Å². The van der Waals surface area contributed by atoms with Gasteiger partial charge in [-0.3, -0.25) is 0 Å². The van der Waals surface area contributed by atoms with Crippen LogP contribution >= 0.6 is 0 Å². The molecule has 0 spiro atoms. The Kier molecular flexibility index (Phi) is 3.02. The Balaban J connectivity index is 2.16. The number of hydrogen-bond donors (Lipinski definition) is 1. The molecule has 0 radical (unpaired) electrons. The molecule has 16 heavy (non-hydrogen) atoms. The summed E-state index contributed by atoms with van der Waals surface area (Å²) in [7, 11) is 0. The Morgan fingerprint density at radius 1 is 1.50 bits per heavy atom. The van der Waals surface area contributed by atoms with E-state index in [4.69, 9.17) is 0 Å². The average Bonchev–Trinajstić information content (AvgIpc) is 2.88. The van der Waals surface area contributed by atoms with Crippen LogP contribution in [0.25, 0.3) is 0 Å². The predicted molar refractivity (Wildman–Crippen MR) is 65.0 cm³/mol. The minimum atomic E-state index is -0.125. The normalized spacial score (nSPS) is 28.4. The van der Waals surface area contributed by atoms with Gasteiger partial charge >= 0.3 is 0 Å². The highest BCUT2D eigenvalue weighted by Crippen LogP contribution is 2.53. The number of hydrogen-bond acceptors (Lipinski definition) is 1. The van der Waals surface area contributed by atoms with E-state index in [9.17, 15) is 4.39 Å². The monoisotopic (exact) mass is 221 g/mol. The van der Waals surface area contributed by atoms with Gasteiger partial charge in [0.2, 0.25) is 0 Å². The molecule has 2 heteroatoms. The van der Waals surface area contributed by atoms with Gasteiger partial charge in [0.25, 0.3) is 0 Å². The van der Waals surface area contributed by atoms with Gasteiger partial charge in [0, 0.05) is 18.0 Å². The molecule has 1 aromatic carbocycles. The summed E-state index contributed by atoms with van der Waals surface area (Å²) >= 11 is 0. The Morgan fingerprint density at radius 2 is 2.19 bits per heavy atom. The van der Waals surface area contributed by atoms with Gasteiger partial charge in [0.1, 0.15) is 5.82 Å². The van der Waals surface area contributed by atoms with Crippen molar-refractivity contribution in [3.63, 3.8) is 0 Å². The third kappa shape index (κ3) is 2.12. The Hall–Kier alpha value is -0.890. The molecule has 2 rings (SSSR count). The van der Waals surface area contributed by atoms with E-state index in [2.05, 4.69) is 32.2 Å². The lowest BCUT2D eigenvalue weighted by atomic mass is 9.93. The van der Waals surface area contributed by atoms with Gasteiger partial charge in [-0.2, -0.15) is 0 Å². The molecule has 0 aromatic heterocycles. The molecular formula is C14H20FN. The number of benzene rings is 1. The lowest BCUT2D eigenvalue weighted by Gasteiger charge is -2.20. The van der Waals surface area contributed by atoms with Crippen molar-refractivity contribution in [2.24, 2.45) is 5.92 Å². The fourth-order valence-electron chi connectivity index (χ4n) is 2.42. The Morgan fingerprint density at radius 3 is 2.69 bits per heavy atom. The summed E-state index contributed by atoms with van der Waals surface area (Å²) < 4.78 is 13.2. The van der Waals surface area contributed by atoms with Gasteiger partial charge < -0.3 is 5.32 Å². The van der Waals surface area contributed by atoms with Crippen LogP contribution in [0.3, 0.4) is 0 Å². The molecule has 1 saturated carbocycles. The summed E-state index contributed by atoms with van der Waals surface area (Å²) in [6.45, 7) is 7.49. The van der Waals surface area contributed by atoms with Gasteiger partial charge in [-0.1, -0.05) is 32.9 Å². The lowest BCUT2D eigenvalue weighted by molar-refractivity contribution is 0.497. The molecule has 1 aliphatic rings. The topological polar surface area (TPSA) is 12.0 Å². The number of halogens is 1. The zero-order chi connectivity index (χ0) is 11.8. The van der Waals surface area contributed by atoms with Crippen LogP contribution in [0.15, 0.2) is 24.3 Å². The van der Waals surface area contributed by atoms with Gasteiger partial charge in [-0.05, 0) is 30.0 Å². The first kappa shape index (κ1) is 11.6. The van der Waals surface area contributed by atoms with E-state index in [1.807, 2.05) is 6.07 Å².